The third-order valence-electron chi connectivity index (χ3n) is 5.52. The standard InChI is InChI=1S/C21H20F3N5O3/c1-14(19-25-26-20(32-19)15-5-3-2-4-6-15)27-9-11-28(12-10-27)17-8-7-16(21(22,23)24)13-18(17)29(30)31/h2-8,13-14H,9-12H2,1H3. The number of alkyl halides is 3. The Balaban J connectivity index is 1.45. The normalized spacial score (nSPS) is 16.2. The van der Waals surface area contributed by atoms with Gasteiger partial charge >= 0.3 is 6.18 Å². The van der Waals surface area contributed by atoms with Gasteiger partial charge in [-0.15, -0.1) is 10.2 Å². The monoisotopic (exact) mass is 447 g/mol. The van der Waals surface area contributed by atoms with Crippen LogP contribution in [0, 0.1) is 10.1 Å². The average molecular weight is 447 g/mol. The zero-order valence-electron chi connectivity index (χ0n) is 17.1. The summed E-state index contributed by atoms with van der Waals surface area (Å²) in [7, 11) is 0. The van der Waals surface area contributed by atoms with Gasteiger partial charge in [0.25, 0.3) is 5.69 Å². The van der Waals surface area contributed by atoms with E-state index in [1.54, 1.807) is 4.90 Å². The van der Waals surface area contributed by atoms with Crippen molar-refractivity contribution in [1.29, 1.82) is 0 Å². The van der Waals surface area contributed by atoms with Crippen molar-refractivity contribution < 1.29 is 22.5 Å². The summed E-state index contributed by atoms with van der Waals surface area (Å²) in [5.41, 5.74) is -0.589. The van der Waals surface area contributed by atoms with E-state index in [9.17, 15) is 23.3 Å². The minimum atomic E-state index is -4.64. The van der Waals surface area contributed by atoms with E-state index in [4.69, 9.17) is 4.42 Å². The van der Waals surface area contributed by atoms with E-state index in [0.717, 1.165) is 11.6 Å². The number of nitro groups is 1. The molecule has 1 fully saturated rings. The summed E-state index contributed by atoms with van der Waals surface area (Å²) >= 11 is 0. The molecular weight excluding hydrogens is 427 g/mol. The lowest BCUT2D eigenvalue weighted by atomic mass is 10.1. The highest BCUT2D eigenvalue weighted by Gasteiger charge is 2.34. The van der Waals surface area contributed by atoms with Gasteiger partial charge in [-0.2, -0.15) is 13.2 Å². The van der Waals surface area contributed by atoms with E-state index in [0.29, 0.717) is 44.0 Å². The minimum absolute atomic E-state index is 0.176. The molecular formula is C21H20F3N5O3. The van der Waals surface area contributed by atoms with E-state index in [1.807, 2.05) is 37.3 Å². The quantitative estimate of drug-likeness (QED) is 0.419. The van der Waals surface area contributed by atoms with Crippen molar-refractivity contribution in [2.24, 2.45) is 0 Å². The molecule has 3 aromatic rings. The molecule has 2 heterocycles. The van der Waals surface area contributed by atoms with Gasteiger partial charge in [0.05, 0.1) is 16.5 Å². The SMILES string of the molecule is CC(c1nnc(-c2ccccc2)o1)N1CCN(c2ccc(C(F)(F)F)cc2[N+](=O)[O-])CC1. The van der Waals surface area contributed by atoms with E-state index in [-0.39, 0.29) is 11.7 Å². The van der Waals surface area contributed by atoms with Gasteiger partial charge < -0.3 is 9.32 Å². The summed E-state index contributed by atoms with van der Waals surface area (Å²) < 4.78 is 44.7. The molecule has 8 nitrogen and oxygen atoms in total. The highest BCUT2D eigenvalue weighted by Crippen LogP contribution is 2.37. The number of nitrogens with zero attached hydrogens (tertiary/aromatic N) is 5. The first-order chi connectivity index (χ1) is 15.2. The van der Waals surface area contributed by atoms with Crippen LogP contribution in [0.25, 0.3) is 11.5 Å². The molecule has 1 unspecified atom stereocenters. The summed E-state index contributed by atoms with van der Waals surface area (Å²) in [5, 5.41) is 19.6. The number of aromatic nitrogens is 2. The molecule has 0 spiro atoms. The zero-order chi connectivity index (χ0) is 22.9. The summed E-state index contributed by atoms with van der Waals surface area (Å²) in [6.45, 7) is 3.82. The Morgan fingerprint density at radius 1 is 1.06 bits per heavy atom. The molecule has 1 aliphatic rings. The third kappa shape index (κ3) is 4.42. The largest absolute Gasteiger partial charge is 0.419 e. The van der Waals surface area contributed by atoms with Crippen LogP contribution in [0.15, 0.2) is 52.9 Å². The van der Waals surface area contributed by atoms with E-state index >= 15 is 0 Å². The molecule has 0 N–H and O–H groups in total. The first-order valence-electron chi connectivity index (χ1n) is 9.97. The van der Waals surface area contributed by atoms with Crippen LogP contribution in [-0.2, 0) is 6.18 Å². The van der Waals surface area contributed by atoms with Crippen molar-refractivity contribution in [3.63, 3.8) is 0 Å². The summed E-state index contributed by atoms with van der Waals surface area (Å²) in [6.07, 6.45) is -4.64. The Kier molecular flexibility index (Phi) is 5.83. The molecule has 4 rings (SSSR count). The lowest BCUT2D eigenvalue weighted by molar-refractivity contribution is -0.384. The molecule has 0 amide bonds. The summed E-state index contributed by atoms with van der Waals surface area (Å²) in [4.78, 5) is 14.4. The van der Waals surface area contributed by atoms with Crippen molar-refractivity contribution in [3.05, 3.63) is 70.1 Å². The van der Waals surface area contributed by atoms with Crippen LogP contribution in [-0.4, -0.2) is 46.2 Å². The van der Waals surface area contributed by atoms with Crippen LogP contribution in [0.5, 0.6) is 0 Å². The predicted octanol–water partition coefficient (Wildman–Crippen LogP) is 4.55. The molecule has 0 bridgehead atoms. The molecule has 1 saturated heterocycles. The number of anilines is 1. The molecule has 0 aliphatic carbocycles. The maximum absolute atomic E-state index is 13.0. The second-order valence-corrected chi connectivity index (χ2v) is 7.47. The molecule has 0 radical (unpaired) electrons. The Labute approximate surface area is 181 Å². The number of benzene rings is 2. The third-order valence-corrected chi connectivity index (χ3v) is 5.52. The molecule has 1 aromatic heterocycles. The van der Waals surface area contributed by atoms with Gasteiger partial charge in [-0.05, 0) is 31.2 Å². The van der Waals surface area contributed by atoms with Gasteiger partial charge in [-0.25, -0.2) is 0 Å². The molecule has 1 atom stereocenters. The maximum atomic E-state index is 13.0. The van der Waals surface area contributed by atoms with Gasteiger partial charge in [0, 0.05) is 37.8 Å². The molecule has 32 heavy (non-hydrogen) atoms. The maximum Gasteiger partial charge on any atom is 0.416 e. The van der Waals surface area contributed by atoms with Crippen molar-refractivity contribution in [2.75, 3.05) is 31.1 Å². The summed E-state index contributed by atoms with van der Waals surface area (Å²) in [6, 6.07) is 11.9. The Hall–Kier alpha value is -3.47. The first kappa shape index (κ1) is 21.8. The minimum Gasteiger partial charge on any atom is -0.419 e. The highest BCUT2D eigenvalue weighted by molar-refractivity contribution is 5.65. The fraction of sp³-hybridized carbons (Fsp3) is 0.333. The van der Waals surface area contributed by atoms with Crippen LogP contribution < -0.4 is 4.90 Å². The molecule has 11 heteroatoms. The smallest absolute Gasteiger partial charge is 0.416 e. The van der Waals surface area contributed by atoms with Crippen molar-refractivity contribution in [1.82, 2.24) is 15.1 Å². The number of nitro benzene ring substituents is 1. The van der Waals surface area contributed by atoms with E-state index in [2.05, 4.69) is 15.1 Å². The number of rotatable bonds is 5. The van der Waals surface area contributed by atoms with Crippen LogP contribution in [0.4, 0.5) is 24.5 Å². The van der Waals surface area contributed by atoms with Gasteiger partial charge in [-0.3, -0.25) is 15.0 Å². The van der Waals surface area contributed by atoms with Gasteiger partial charge in [0.2, 0.25) is 11.8 Å². The topological polar surface area (TPSA) is 88.5 Å². The second-order valence-electron chi connectivity index (χ2n) is 7.47. The number of piperazine rings is 1. The molecule has 168 valence electrons. The second kappa shape index (κ2) is 8.58. The highest BCUT2D eigenvalue weighted by atomic mass is 19.4. The van der Waals surface area contributed by atoms with Crippen LogP contribution in [0.2, 0.25) is 0 Å². The predicted molar refractivity (Wildman–Crippen MR) is 110 cm³/mol. The molecule has 1 aliphatic heterocycles. The van der Waals surface area contributed by atoms with Crippen molar-refractivity contribution in [3.8, 4) is 11.5 Å². The number of hydrogen-bond donors (Lipinski definition) is 0. The fourth-order valence-electron chi connectivity index (χ4n) is 3.72. The Morgan fingerprint density at radius 2 is 1.75 bits per heavy atom. The van der Waals surface area contributed by atoms with E-state index in [1.165, 1.54) is 6.07 Å². The lowest BCUT2D eigenvalue weighted by Crippen LogP contribution is -2.47. The van der Waals surface area contributed by atoms with Crippen LogP contribution in [0.3, 0.4) is 0 Å². The van der Waals surface area contributed by atoms with Crippen LogP contribution >= 0.6 is 0 Å². The summed E-state index contributed by atoms with van der Waals surface area (Å²) in [5.74, 6) is 0.879. The number of hydrogen-bond acceptors (Lipinski definition) is 7. The van der Waals surface area contributed by atoms with Crippen molar-refractivity contribution in [2.45, 2.75) is 19.1 Å². The molecule has 0 saturated carbocycles. The average Bonchev–Trinajstić information content (AvgIpc) is 3.28. The lowest BCUT2D eigenvalue weighted by Gasteiger charge is -2.37. The van der Waals surface area contributed by atoms with Crippen LogP contribution in [0.1, 0.15) is 24.4 Å². The van der Waals surface area contributed by atoms with Gasteiger partial charge in [-0.1, -0.05) is 18.2 Å². The molecule has 2 aromatic carbocycles. The van der Waals surface area contributed by atoms with Gasteiger partial charge in [0.1, 0.15) is 5.69 Å². The Morgan fingerprint density at radius 3 is 2.38 bits per heavy atom. The van der Waals surface area contributed by atoms with Crippen molar-refractivity contribution >= 4 is 11.4 Å². The Bertz CT molecular complexity index is 1100. The van der Waals surface area contributed by atoms with E-state index < -0.39 is 22.4 Å². The fourth-order valence-corrected chi connectivity index (χ4v) is 3.72. The first-order valence-corrected chi connectivity index (χ1v) is 9.97. The zero-order valence-corrected chi connectivity index (χ0v) is 17.1. The number of halogens is 3. The van der Waals surface area contributed by atoms with Gasteiger partial charge in [0.15, 0.2) is 0 Å².